The van der Waals surface area contributed by atoms with E-state index in [9.17, 15) is 4.79 Å². The second kappa shape index (κ2) is 7.46. The zero-order valence-corrected chi connectivity index (χ0v) is 13.2. The van der Waals surface area contributed by atoms with Crippen molar-refractivity contribution >= 4 is 17.3 Å². The Balaban J connectivity index is 1.85. The van der Waals surface area contributed by atoms with Gasteiger partial charge < -0.3 is 11.1 Å². The Bertz CT molecular complexity index is 487. The standard InChI is InChI=1S/C17H27N3O/c1-3-15-6-4-5-10-20(15)11-9-17(21)19-16-12-14(18)8-7-13(16)2/h7-8,12,15H,3-6,9-11,18H2,1-2H3,(H,19,21). The summed E-state index contributed by atoms with van der Waals surface area (Å²) < 4.78 is 0. The average Bonchev–Trinajstić information content (AvgIpc) is 2.49. The molecule has 21 heavy (non-hydrogen) atoms. The molecule has 1 fully saturated rings. The number of hydrogen-bond acceptors (Lipinski definition) is 3. The number of nitrogens with zero attached hydrogens (tertiary/aromatic N) is 1. The lowest BCUT2D eigenvalue weighted by atomic mass is 10.00. The highest BCUT2D eigenvalue weighted by atomic mass is 16.1. The van der Waals surface area contributed by atoms with E-state index in [0.29, 0.717) is 18.2 Å². The molecule has 3 N–H and O–H groups in total. The zero-order valence-electron chi connectivity index (χ0n) is 13.2. The normalized spacial score (nSPS) is 19.4. The molecule has 1 aromatic carbocycles. The first-order chi connectivity index (χ1) is 10.1. The van der Waals surface area contributed by atoms with Gasteiger partial charge in [0.05, 0.1) is 0 Å². The van der Waals surface area contributed by atoms with Gasteiger partial charge in [0.1, 0.15) is 0 Å². The van der Waals surface area contributed by atoms with E-state index < -0.39 is 0 Å². The summed E-state index contributed by atoms with van der Waals surface area (Å²) in [6.45, 7) is 6.20. The van der Waals surface area contributed by atoms with Gasteiger partial charge in [-0.25, -0.2) is 0 Å². The molecule has 1 unspecified atom stereocenters. The molecule has 1 saturated heterocycles. The Morgan fingerprint density at radius 2 is 2.24 bits per heavy atom. The van der Waals surface area contributed by atoms with Gasteiger partial charge in [0.15, 0.2) is 0 Å². The van der Waals surface area contributed by atoms with E-state index in [1.807, 2.05) is 25.1 Å². The van der Waals surface area contributed by atoms with E-state index in [1.54, 1.807) is 0 Å². The molecule has 4 nitrogen and oxygen atoms in total. The van der Waals surface area contributed by atoms with Crippen molar-refractivity contribution in [3.63, 3.8) is 0 Å². The number of rotatable bonds is 5. The van der Waals surface area contributed by atoms with Crippen LogP contribution in [-0.4, -0.2) is 29.9 Å². The van der Waals surface area contributed by atoms with Gasteiger partial charge in [0, 0.05) is 30.4 Å². The predicted molar refractivity (Wildman–Crippen MR) is 88.3 cm³/mol. The molecule has 1 aliphatic heterocycles. The lowest BCUT2D eigenvalue weighted by Gasteiger charge is -2.35. The van der Waals surface area contributed by atoms with Gasteiger partial charge in [-0.2, -0.15) is 0 Å². The van der Waals surface area contributed by atoms with Crippen LogP contribution in [0, 0.1) is 6.92 Å². The molecule has 0 bridgehead atoms. The molecule has 2 rings (SSSR count). The number of benzene rings is 1. The molecule has 0 aliphatic carbocycles. The molecule has 0 aromatic heterocycles. The number of hydrogen-bond donors (Lipinski definition) is 2. The SMILES string of the molecule is CCC1CCCCN1CCC(=O)Nc1cc(N)ccc1C. The van der Waals surface area contributed by atoms with Crippen molar-refractivity contribution in [1.82, 2.24) is 4.90 Å². The Kier molecular flexibility index (Phi) is 5.62. The van der Waals surface area contributed by atoms with E-state index in [2.05, 4.69) is 17.1 Å². The quantitative estimate of drug-likeness (QED) is 0.819. The van der Waals surface area contributed by atoms with E-state index in [4.69, 9.17) is 5.73 Å². The van der Waals surface area contributed by atoms with Gasteiger partial charge in [-0.05, 0) is 50.4 Å². The molecule has 0 saturated carbocycles. The van der Waals surface area contributed by atoms with Crippen molar-refractivity contribution in [3.05, 3.63) is 23.8 Å². The summed E-state index contributed by atoms with van der Waals surface area (Å²) >= 11 is 0. The fraction of sp³-hybridized carbons (Fsp3) is 0.588. The summed E-state index contributed by atoms with van der Waals surface area (Å²) in [6.07, 6.45) is 5.57. The van der Waals surface area contributed by atoms with E-state index in [-0.39, 0.29) is 5.91 Å². The summed E-state index contributed by atoms with van der Waals surface area (Å²) in [4.78, 5) is 14.6. The van der Waals surface area contributed by atoms with E-state index in [1.165, 1.54) is 25.7 Å². The van der Waals surface area contributed by atoms with Crippen molar-refractivity contribution in [2.75, 3.05) is 24.1 Å². The Morgan fingerprint density at radius 1 is 1.43 bits per heavy atom. The molecule has 116 valence electrons. The maximum absolute atomic E-state index is 12.1. The number of likely N-dealkylation sites (tertiary alicyclic amines) is 1. The molecule has 1 aliphatic rings. The number of amides is 1. The van der Waals surface area contributed by atoms with Gasteiger partial charge in [-0.15, -0.1) is 0 Å². The largest absolute Gasteiger partial charge is 0.399 e. The first kappa shape index (κ1) is 15.8. The van der Waals surface area contributed by atoms with Crippen molar-refractivity contribution in [2.24, 2.45) is 0 Å². The number of nitrogen functional groups attached to an aromatic ring is 1. The number of nitrogens with one attached hydrogen (secondary N) is 1. The van der Waals surface area contributed by atoms with Crippen LogP contribution in [0.2, 0.25) is 0 Å². The van der Waals surface area contributed by atoms with Crippen LogP contribution in [0.1, 0.15) is 44.6 Å². The number of anilines is 2. The topological polar surface area (TPSA) is 58.4 Å². The molecular formula is C17H27N3O. The van der Waals surface area contributed by atoms with Crippen molar-refractivity contribution in [1.29, 1.82) is 0 Å². The first-order valence-electron chi connectivity index (χ1n) is 8.00. The van der Waals surface area contributed by atoms with Crippen LogP contribution in [0.3, 0.4) is 0 Å². The van der Waals surface area contributed by atoms with Crippen LogP contribution in [0.4, 0.5) is 11.4 Å². The van der Waals surface area contributed by atoms with Crippen LogP contribution in [0.15, 0.2) is 18.2 Å². The van der Waals surface area contributed by atoms with Crippen LogP contribution in [0.25, 0.3) is 0 Å². The fourth-order valence-corrected chi connectivity index (χ4v) is 3.05. The fourth-order valence-electron chi connectivity index (χ4n) is 3.05. The van der Waals surface area contributed by atoms with Gasteiger partial charge in [-0.1, -0.05) is 19.4 Å². The second-order valence-electron chi connectivity index (χ2n) is 5.97. The Morgan fingerprint density at radius 3 is 3.00 bits per heavy atom. The monoisotopic (exact) mass is 289 g/mol. The highest BCUT2D eigenvalue weighted by Gasteiger charge is 2.21. The molecule has 1 atom stereocenters. The lowest BCUT2D eigenvalue weighted by Crippen LogP contribution is -2.40. The number of aryl methyl sites for hydroxylation is 1. The number of piperidine rings is 1. The average molecular weight is 289 g/mol. The third kappa shape index (κ3) is 4.46. The summed E-state index contributed by atoms with van der Waals surface area (Å²) in [5, 5.41) is 2.98. The maximum atomic E-state index is 12.1. The van der Waals surface area contributed by atoms with Gasteiger partial charge >= 0.3 is 0 Å². The van der Waals surface area contributed by atoms with Gasteiger partial charge in [0.2, 0.25) is 5.91 Å². The minimum Gasteiger partial charge on any atom is -0.399 e. The first-order valence-corrected chi connectivity index (χ1v) is 8.00. The zero-order chi connectivity index (χ0) is 15.2. The summed E-state index contributed by atoms with van der Waals surface area (Å²) in [6, 6.07) is 6.26. The highest BCUT2D eigenvalue weighted by Crippen LogP contribution is 2.21. The minimum absolute atomic E-state index is 0.0733. The predicted octanol–water partition coefficient (Wildman–Crippen LogP) is 3.17. The molecule has 1 amide bonds. The third-order valence-corrected chi connectivity index (χ3v) is 4.38. The van der Waals surface area contributed by atoms with Crippen LogP contribution in [0.5, 0.6) is 0 Å². The highest BCUT2D eigenvalue weighted by molar-refractivity contribution is 5.92. The summed E-state index contributed by atoms with van der Waals surface area (Å²) in [5.41, 5.74) is 8.32. The van der Waals surface area contributed by atoms with Crippen LogP contribution < -0.4 is 11.1 Å². The van der Waals surface area contributed by atoms with Crippen molar-refractivity contribution in [3.8, 4) is 0 Å². The Labute approximate surface area is 127 Å². The second-order valence-corrected chi connectivity index (χ2v) is 5.97. The molecule has 1 aromatic rings. The molecule has 4 heteroatoms. The third-order valence-electron chi connectivity index (χ3n) is 4.38. The summed E-state index contributed by atoms with van der Waals surface area (Å²) in [7, 11) is 0. The smallest absolute Gasteiger partial charge is 0.225 e. The maximum Gasteiger partial charge on any atom is 0.225 e. The Hall–Kier alpha value is -1.55. The molecule has 0 radical (unpaired) electrons. The summed E-state index contributed by atoms with van der Waals surface area (Å²) in [5.74, 6) is 0.0733. The molecule has 1 heterocycles. The van der Waals surface area contributed by atoms with Gasteiger partial charge in [0.25, 0.3) is 0 Å². The van der Waals surface area contributed by atoms with Crippen LogP contribution in [-0.2, 0) is 4.79 Å². The van der Waals surface area contributed by atoms with E-state index in [0.717, 1.165) is 24.3 Å². The van der Waals surface area contributed by atoms with Gasteiger partial charge in [-0.3, -0.25) is 9.69 Å². The lowest BCUT2D eigenvalue weighted by molar-refractivity contribution is -0.116. The van der Waals surface area contributed by atoms with Crippen molar-refractivity contribution in [2.45, 2.75) is 52.0 Å². The van der Waals surface area contributed by atoms with E-state index >= 15 is 0 Å². The minimum atomic E-state index is 0.0733. The number of carbonyl (C=O) groups excluding carboxylic acids is 1. The molecular weight excluding hydrogens is 262 g/mol. The van der Waals surface area contributed by atoms with Crippen LogP contribution >= 0.6 is 0 Å². The van der Waals surface area contributed by atoms with Crippen molar-refractivity contribution < 1.29 is 4.79 Å². The molecule has 0 spiro atoms. The number of nitrogens with two attached hydrogens (primary N) is 1. The number of carbonyl (C=O) groups is 1.